The molecule has 2 aromatic rings. The lowest BCUT2D eigenvalue weighted by molar-refractivity contribution is 0.0698. The maximum atomic E-state index is 12.7. The van der Waals surface area contributed by atoms with Gasteiger partial charge in [-0.25, -0.2) is 9.18 Å². The molecule has 0 saturated heterocycles. The summed E-state index contributed by atoms with van der Waals surface area (Å²) in [4.78, 5) is 14.9. The monoisotopic (exact) mass is 260 g/mol. The van der Waals surface area contributed by atoms with Gasteiger partial charge in [0.1, 0.15) is 5.82 Å². The zero-order valence-electron chi connectivity index (χ0n) is 10.1. The number of nitrogens with one attached hydrogen (secondary N) is 1. The summed E-state index contributed by atoms with van der Waals surface area (Å²) in [6.07, 6.45) is 3.59. The van der Waals surface area contributed by atoms with Crippen LogP contribution in [-0.2, 0) is 6.42 Å². The number of carboxylic acids is 1. The van der Waals surface area contributed by atoms with Crippen LogP contribution in [0.1, 0.15) is 15.9 Å². The highest BCUT2D eigenvalue weighted by Crippen LogP contribution is 2.13. The van der Waals surface area contributed by atoms with E-state index in [-0.39, 0.29) is 11.4 Å². The number of anilines is 1. The molecule has 2 N–H and O–H groups in total. The molecule has 1 aromatic carbocycles. The Hall–Kier alpha value is -2.43. The van der Waals surface area contributed by atoms with Crippen LogP contribution in [-0.4, -0.2) is 22.6 Å². The fraction of sp³-hybridized carbons (Fsp3) is 0.143. The Morgan fingerprint density at radius 1 is 1.26 bits per heavy atom. The summed E-state index contributed by atoms with van der Waals surface area (Å²) in [6, 6.07) is 7.67. The molecule has 4 nitrogen and oxygen atoms in total. The Balaban J connectivity index is 1.96. The highest BCUT2D eigenvalue weighted by Gasteiger charge is 2.08. The van der Waals surface area contributed by atoms with Crippen LogP contribution in [0.2, 0.25) is 0 Å². The van der Waals surface area contributed by atoms with Gasteiger partial charge in [0.25, 0.3) is 0 Å². The zero-order valence-corrected chi connectivity index (χ0v) is 10.1. The molecular weight excluding hydrogens is 247 g/mol. The van der Waals surface area contributed by atoms with Crippen LogP contribution in [0.3, 0.4) is 0 Å². The van der Waals surface area contributed by atoms with Gasteiger partial charge in [-0.05, 0) is 30.2 Å². The van der Waals surface area contributed by atoms with Crippen LogP contribution in [0.15, 0.2) is 42.7 Å². The number of aromatic nitrogens is 1. The minimum absolute atomic E-state index is 0.189. The van der Waals surface area contributed by atoms with Gasteiger partial charge in [-0.1, -0.05) is 12.1 Å². The third-order valence-electron chi connectivity index (χ3n) is 2.69. The molecule has 0 unspecified atom stereocenters. The minimum Gasteiger partial charge on any atom is -0.478 e. The lowest BCUT2D eigenvalue weighted by Crippen LogP contribution is -2.09. The Labute approximate surface area is 109 Å². The fourth-order valence-corrected chi connectivity index (χ4v) is 1.71. The van der Waals surface area contributed by atoms with E-state index in [1.807, 2.05) is 0 Å². The molecule has 19 heavy (non-hydrogen) atoms. The molecule has 0 amide bonds. The van der Waals surface area contributed by atoms with Crippen molar-refractivity contribution in [1.29, 1.82) is 0 Å². The number of hydrogen-bond donors (Lipinski definition) is 2. The second-order valence-electron chi connectivity index (χ2n) is 4.03. The van der Waals surface area contributed by atoms with Crippen molar-refractivity contribution < 1.29 is 14.3 Å². The van der Waals surface area contributed by atoms with E-state index in [1.54, 1.807) is 12.1 Å². The van der Waals surface area contributed by atoms with E-state index in [4.69, 9.17) is 5.11 Å². The second-order valence-corrected chi connectivity index (χ2v) is 4.03. The normalized spacial score (nSPS) is 10.2. The fourth-order valence-electron chi connectivity index (χ4n) is 1.71. The van der Waals surface area contributed by atoms with Crippen molar-refractivity contribution in [2.45, 2.75) is 6.42 Å². The number of halogens is 1. The maximum Gasteiger partial charge on any atom is 0.337 e. The number of hydrogen-bond acceptors (Lipinski definition) is 3. The topological polar surface area (TPSA) is 62.2 Å². The number of benzene rings is 1. The van der Waals surface area contributed by atoms with Crippen molar-refractivity contribution in [3.05, 3.63) is 59.7 Å². The molecule has 0 fully saturated rings. The number of aromatic carboxylic acids is 1. The standard InChI is InChI=1S/C14H13FN2O2/c15-11-3-1-10(2-4-11)5-8-17-13-9-16-7-6-12(13)14(18)19/h1-4,6-7,9,17H,5,8H2,(H,18,19). The minimum atomic E-state index is -0.994. The van der Waals surface area contributed by atoms with Gasteiger partial charge in [0.2, 0.25) is 0 Å². The van der Waals surface area contributed by atoms with E-state index in [1.165, 1.54) is 30.6 Å². The van der Waals surface area contributed by atoms with Crippen molar-refractivity contribution in [3.8, 4) is 0 Å². The van der Waals surface area contributed by atoms with E-state index >= 15 is 0 Å². The maximum absolute atomic E-state index is 12.7. The van der Waals surface area contributed by atoms with Crippen LogP contribution in [0.25, 0.3) is 0 Å². The molecule has 5 heteroatoms. The third-order valence-corrected chi connectivity index (χ3v) is 2.69. The van der Waals surface area contributed by atoms with Crippen molar-refractivity contribution in [3.63, 3.8) is 0 Å². The van der Waals surface area contributed by atoms with E-state index in [0.29, 0.717) is 18.7 Å². The van der Waals surface area contributed by atoms with Crippen molar-refractivity contribution in [2.24, 2.45) is 0 Å². The molecule has 1 heterocycles. The molecule has 0 saturated carbocycles. The molecule has 1 aromatic heterocycles. The molecule has 2 rings (SSSR count). The molecule has 0 atom stereocenters. The van der Waals surface area contributed by atoms with Crippen LogP contribution in [0.4, 0.5) is 10.1 Å². The first kappa shape index (κ1) is 13.0. The summed E-state index contributed by atoms with van der Waals surface area (Å²) in [5.74, 6) is -1.26. The van der Waals surface area contributed by atoms with Gasteiger partial charge in [-0.15, -0.1) is 0 Å². The molecular formula is C14H13FN2O2. The zero-order chi connectivity index (χ0) is 13.7. The van der Waals surface area contributed by atoms with Crippen LogP contribution in [0, 0.1) is 5.82 Å². The number of nitrogens with zero attached hydrogens (tertiary/aromatic N) is 1. The predicted octanol–water partition coefficient (Wildman–Crippen LogP) is 2.57. The summed E-state index contributed by atoms with van der Waals surface area (Å²) in [5.41, 5.74) is 1.65. The molecule has 0 spiro atoms. The first-order chi connectivity index (χ1) is 9.16. The summed E-state index contributed by atoms with van der Waals surface area (Å²) in [7, 11) is 0. The summed E-state index contributed by atoms with van der Waals surface area (Å²) < 4.78 is 12.7. The second kappa shape index (κ2) is 5.95. The van der Waals surface area contributed by atoms with E-state index in [0.717, 1.165) is 5.56 Å². The molecule has 0 radical (unpaired) electrons. The largest absolute Gasteiger partial charge is 0.478 e. The molecule has 0 aliphatic heterocycles. The van der Waals surface area contributed by atoms with Crippen LogP contribution < -0.4 is 5.32 Å². The Bertz CT molecular complexity index is 570. The first-order valence-electron chi connectivity index (χ1n) is 5.82. The molecule has 98 valence electrons. The third kappa shape index (κ3) is 3.51. The van der Waals surface area contributed by atoms with Gasteiger partial charge >= 0.3 is 5.97 Å². The SMILES string of the molecule is O=C(O)c1ccncc1NCCc1ccc(F)cc1. The van der Waals surface area contributed by atoms with Crippen LogP contribution >= 0.6 is 0 Å². The Morgan fingerprint density at radius 2 is 2.00 bits per heavy atom. The van der Waals surface area contributed by atoms with E-state index in [9.17, 15) is 9.18 Å². The molecule has 0 aliphatic carbocycles. The van der Waals surface area contributed by atoms with Gasteiger partial charge in [0.05, 0.1) is 17.4 Å². The lowest BCUT2D eigenvalue weighted by atomic mass is 10.1. The highest BCUT2D eigenvalue weighted by atomic mass is 19.1. The average Bonchev–Trinajstić information content (AvgIpc) is 2.41. The summed E-state index contributed by atoms with van der Waals surface area (Å²) in [5, 5.41) is 12.0. The van der Waals surface area contributed by atoms with Crippen molar-refractivity contribution in [1.82, 2.24) is 4.98 Å². The van der Waals surface area contributed by atoms with E-state index < -0.39 is 5.97 Å². The first-order valence-corrected chi connectivity index (χ1v) is 5.82. The van der Waals surface area contributed by atoms with Gasteiger partial charge < -0.3 is 10.4 Å². The van der Waals surface area contributed by atoms with Crippen molar-refractivity contribution in [2.75, 3.05) is 11.9 Å². The van der Waals surface area contributed by atoms with Crippen molar-refractivity contribution >= 4 is 11.7 Å². The van der Waals surface area contributed by atoms with Gasteiger partial charge in [-0.2, -0.15) is 0 Å². The summed E-state index contributed by atoms with van der Waals surface area (Å²) in [6.45, 7) is 0.553. The van der Waals surface area contributed by atoms with E-state index in [2.05, 4.69) is 10.3 Å². The van der Waals surface area contributed by atoms with Gasteiger partial charge in [0.15, 0.2) is 0 Å². The smallest absolute Gasteiger partial charge is 0.337 e. The number of carboxylic acid groups (broad SMARTS) is 1. The van der Waals surface area contributed by atoms with Crippen LogP contribution in [0.5, 0.6) is 0 Å². The van der Waals surface area contributed by atoms with Gasteiger partial charge in [0, 0.05) is 12.7 Å². The Morgan fingerprint density at radius 3 is 2.68 bits per heavy atom. The summed E-state index contributed by atoms with van der Waals surface area (Å²) >= 11 is 0. The average molecular weight is 260 g/mol. The number of rotatable bonds is 5. The highest BCUT2D eigenvalue weighted by molar-refractivity contribution is 5.93. The quantitative estimate of drug-likeness (QED) is 0.867. The number of carbonyl (C=O) groups is 1. The lowest BCUT2D eigenvalue weighted by Gasteiger charge is -2.08. The number of pyridine rings is 1. The van der Waals surface area contributed by atoms with Gasteiger partial charge in [-0.3, -0.25) is 4.98 Å². The predicted molar refractivity (Wildman–Crippen MR) is 69.8 cm³/mol. The Kier molecular flexibility index (Phi) is 4.07. The molecule has 0 bridgehead atoms. The molecule has 0 aliphatic rings.